The van der Waals surface area contributed by atoms with Gasteiger partial charge in [0, 0.05) is 36.0 Å². The van der Waals surface area contributed by atoms with Crippen molar-refractivity contribution in [2.45, 2.75) is 6.92 Å². The number of anilines is 2. The van der Waals surface area contributed by atoms with Gasteiger partial charge in [-0.25, -0.2) is 0 Å². The highest BCUT2D eigenvalue weighted by Crippen LogP contribution is 2.23. The Morgan fingerprint density at radius 3 is 2.57 bits per heavy atom. The van der Waals surface area contributed by atoms with E-state index in [2.05, 4.69) is 24.0 Å². The third-order valence-corrected chi connectivity index (χ3v) is 3.40. The molecule has 0 saturated carbocycles. The van der Waals surface area contributed by atoms with Crippen LogP contribution in [0.15, 0.2) is 18.2 Å². The zero-order valence-electron chi connectivity index (χ0n) is 8.49. The Bertz CT molecular complexity index is 299. The number of nitrogen functional groups attached to an aromatic ring is 1. The van der Waals surface area contributed by atoms with Crippen LogP contribution in [-0.2, 0) is 0 Å². The second kappa shape index (κ2) is 4.13. The maximum absolute atomic E-state index is 5.83. The van der Waals surface area contributed by atoms with E-state index in [0.717, 1.165) is 18.8 Å². The molecule has 0 atom stereocenters. The SMILES string of the molecule is Cc1cc(N)cc(N2CCSCC2)c1. The summed E-state index contributed by atoms with van der Waals surface area (Å²) in [5.74, 6) is 2.46. The maximum Gasteiger partial charge on any atom is 0.0390 e. The molecule has 1 aromatic rings. The van der Waals surface area contributed by atoms with Crippen LogP contribution in [0.2, 0.25) is 0 Å². The lowest BCUT2D eigenvalue weighted by atomic mass is 10.2. The predicted molar refractivity (Wildman–Crippen MR) is 65.1 cm³/mol. The Morgan fingerprint density at radius 2 is 1.93 bits per heavy atom. The summed E-state index contributed by atoms with van der Waals surface area (Å²) in [6, 6.07) is 6.30. The zero-order chi connectivity index (χ0) is 9.97. The van der Waals surface area contributed by atoms with Gasteiger partial charge in [0.25, 0.3) is 0 Å². The molecule has 1 aromatic carbocycles. The average molecular weight is 208 g/mol. The summed E-state index contributed by atoms with van der Waals surface area (Å²) in [7, 11) is 0. The summed E-state index contributed by atoms with van der Waals surface area (Å²) in [6.45, 7) is 4.39. The highest BCUT2D eigenvalue weighted by Gasteiger charge is 2.11. The van der Waals surface area contributed by atoms with Gasteiger partial charge in [0.2, 0.25) is 0 Å². The first kappa shape index (κ1) is 9.71. The molecule has 14 heavy (non-hydrogen) atoms. The zero-order valence-corrected chi connectivity index (χ0v) is 9.31. The van der Waals surface area contributed by atoms with Gasteiger partial charge in [-0.05, 0) is 30.7 Å². The normalized spacial score (nSPS) is 17.1. The first-order valence-corrected chi connectivity index (χ1v) is 6.11. The fraction of sp³-hybridized carbons (Fsp3) is 0.455. The van der Waals surface area contributed by atoms with Gasteiger partial charge in [0.15, 0.2) is 0 Å². The Balaban J connectivity index is 2.21. The van der Waals surface area contributed by atoms with E-state index in [1.807, 2.05) is 17.8 Å². The fourth-order valence-electron chi connectivity index (χ4n) is 1.80. The van der Waals surface area contributed by atoms with Crippen molar-refractivity contribution in [2.24, 2.45) is 0 Å². The Hall–Kier alpha value is -0.830. The lowest BCUT2D eigenvalue weighted by Gasteiger charge is -2.29. The quantitative estimate of drug-likeness (QED) is 0.717. The molecular weight excluding hydrogens is 192 g/mol. The summed E-state index contributed by atoms with van der Waals surface area (Å²) in [5, 5.41) is 0. The molecule has 2 N–H and O–H groups in total. The summed E-state index contributed by atoms with van der Waals surface area (Å²) >= 11 is 2.03. The molecular formula is C11H16N2S. The minimum Gasteiger partial charge on any atom is -0.399 e. The molecule has 0 aliphatic carbocycles. The molecule has 0 spiro atoms. The first-order chi connectivity index (χ1) is 6.75. The average Bonchev–Trinajstić information content (AvgIpc) is 2.18. The van der Waals surface area contributed by atoms with Crippen molar-refractivity contribution in [1.29, 1.82) is 0 Å². The minimum absolute atomic E-state index is 0.873. The molecule has 0 radical (unpaired) electrons. The van der Waals surface area contributed by atoms with Gasteiger partial charge < -0.3 is 10.6 Å². The van der Waals surface area contributed by atoms with Gasteiger partial charge >= 0.3 is 0 Å². The number of hydrogen-bond donors (Lipinski definition) is 1. The van der Waals surface area contributed by atoms with E-state index in [1.165, 1.54) is 22.8 Å². The third kappa shape index (κ3) is 2.15. The van der Waals surface area contributed by atoms with Gasteiger partial charge in [0.05, 0.1) is 0 Å². The van der Waals surface area contributed by atoms with Gasteiger partial charge in [-0.3, -0.25) is 0 Å². The molecule has 1 heterocycles. The van der Waals surface area contributed by atoms with E-state index in [-0.39, 0.29) is 0 Å². The molecule has 1 saturated heterocycles. The van der Waals surface area contributed by atoms with Crippen LogP contribution in [0.1, 0.15) is 5.56 Å². The van der Waals surface area contributed by atoms with Crippen molar-refractivity contribution in [3.8, 4) is 0 Å². The smallest absolute Gasteiger partial charge is 0.0390 e. The summed E-state index contributed by atoms with van der Waals surface area (Å²) in [5.41, 5.74) is 9.24. The van der Waals surface area contributed by atoms with E-state index in [9.17, 15) is 0 Å². The molecule has 2 rings (SSSR count). The van der Waals surface area contributed by atoms with Crippen LogP contribution < -0.4 is 10.6 Å². The molecule has 0 amide bonds. The molecule has 0 bridgehead atoms. The van der Waals surface area contributed by atoms with E-state index in [4.69, 9.17) is 5.73 Å². The lowest BCUT2D eigenvalue weighted by Crippen LogP contribution is -2.32. The van der Waals surface area contributed by atoms with Crippen molar-refractivity contribution < 1.29 is 0 Å². The third-order valence-electron chi connectivity index (χ3n) is 2.46. The van der Waals surface area contributed by atoms with Gasteiger partial charge in [-0.2, -0.15) is 11.8 Å². The summed E-state index contributed by atoms with van der Waals surface area (Å²) in [6.07, 6.45) is 0. The Morgan fingerprint density at radius 1 is 1.21 bits per heavy atom. The molecule has 1 aliphatic heterocycles. The predicted octanol–water partition coefficient (Wildman–Crippen LogP) is 2.13. The second-order valence-corrected chi connectivity index (χ2v) is 4.93. The number of nitrogens with two attached hydrogens (primary N) is 1. The monoisotopic (exact) mass is 208 g/mol. The molecule has 3 heteroatoms. The molecule has 0 unspecified atom stereocenters. The molecule has 2 nitrogen and oxygen atoms in total. The highest BCUT2D eigenvalue weighted by atomic mass is 32.2. The molecule has 1 aliphatic rings. The van der Waals surface area contributed by atoms with E-state index in [1.54, 1.807) is 0 Å². The number of thioether (sulfide) groups is 1. The molecule has 0 aromatic heterocycles. The van der Waals surface area contributed by atoms with Crippen LogP contribution >= 0.6 is 11.8 Å². The molecule has 76 valence electrons. The van der Waals surface area contributed by atoms with Crippen LogP contribution in [0.25, 0.3) is 0 Å². The molecule has 1 fully saturated rings. The van der Waals surface area contributed by atoms with E-state index < -0.39 is 0 Å². The van der Waals surface area contributed by atoms with Crippen LogP contribution in [0, 0.1) is 6.92 Å². The van der Waals surface area contributed by atoms with Gasteiger partial charge in [0.1, 0.15) is 0 Å². The lowest BCUT2D eigenvalue weighted by molar-refractivity contribution is 0.858. The van der Waals surface area contributed by atoms with Crippen LogP contribution in [0.5, 0.6) is 0 Å². The van der Waals surface area contributed by atoms with Crippen molar-refractivity contribution in [3.05, 3.63) is 23.8 Å². The standard InChI is InChI=1S/C11H16N2S/c1-9-6-10(12)8-11(7-9)13-2-4-14-5-3-13/h6-8H,2-5,12H2,1H3. The second-order valence-electron chi connectivity index (χ2n) is 3.70. The summed E-state index contributed by atoms with van der Waals surface area (Å²) < 4.78 is 0. The van der Waals surface area contributed by atoms with E-state index in [0.29, 0.717) is 0 Å². The number of hydrogen-bond acceptors (Lipinski definition) is 3. The van der Waals surface area contributed by atoms with Crippen molar-refractivity contribution in [1.82, 2.24) is 0 Å². The van der Waals surface area contributed by atoms with Gasteiger partial charge in [-0.1, -0.05) is 0 Å². The number of aryl methyl sites for hydroxylation is 1. The largest absolute Gasteiger partial charge is 0.399 e. The maximum atomic E-state index is 5.83. The Kier molecular flexibility index (Phi) is 2.87. The van der Waals surface area contributed by atoms with Crippen LogP contribution in [0.3, 0.4) is 0 Å². The van der Waals surface area contributed by atoms with Crippen LogP contribution in [-0.4, -0.2) is 24.6 Å². The van der Waals surface area contributed by atoms with Crippen molar-refractivity contribution in [3.63, 3.8) is 0 Å². The summed E-state index contributed by atoms with van der Waals surface area (Å²) in [4.78, 5) is 2.42. The van der Waals surface area contributed by atoms with Gasteiger partial charge in [-0.15, -0.1) is 0 Å². The Labute approximate surface area is 89.5 Å². The van der Waals surface area contributed by atoms with E-state index >= 15 is 0 Å². The van der Waals surface area contributed by atoms with Crippen LogP contribution in [0.4, 0.5) is 11.4 Å². The highest BCUT2D eigenvalue weighted by molar-refractivity contribution is 7.99. The number of nitrogens with zero attached hydrogens (tertiary/aromatic N) is 1. The number of benzene rings is 1. The minimum atomic E-state index is 0.873. The first-order valence-electron chi connectivity index (χ1n) is 4.95. The van der Waals surface area contributed by atoms with Crippen molar-refractivity contribution in [2.75, 3.05) is 35.2 Å². The van der Waals surface area contributed by atoms with Crippen molar-refractivity contribution >= 4 is 23.1 Å². The fourth-order valence-corrected chi connectivity index (χ4v) is 2.70. The topological polar surface area (TPSA) is 29.3 Å². The number of rotatable bonds is 1.